The Morgan fingerprint density at radius 1 is 1.37 bits per heavy atom. The van der Waals surface area contributed by atoms with Crippen LogP contribution in [0.25, 0.3) is 0 Å². The number of benzene rings is 1. The Kier molecular flexibility index (Phi) is 5.03. The number of carbonyl (C=O) groups is 1. The number of rotatable bonds is 4. The van der Waals surface area contributed by atoms with E-state index in [0.717, 1.165) is 25.7 Å². The van der Waals surface area contributed by atoms with E-state index in [-0.39, 0.29) is 17.9 Å². The number of alkyl halides is 1. The van der Waals surface area contributed by atoms with Crippen molar-refractivity contribution in [2.45, 2.75) is 50.4 Å². The maximum atomic E-state index is 12.3. The molecule has 1 N–H and O–H groups in total. The van der Waals surface area contributed by atoms with Gasteiger partial charge < -0.3 is 5.32 Å². The average Bonchev–Trinajstić information content (AvgIpc) is 2.37. The van der Waals surface area contributed by atoms with Gasteiger partial charge >= 0.3 is 0 Å². The molecule has 2 nitrogen and oxygen atoms in total. The maximum absolute atomic E-state index is 12.3. The second kappa shape index (κ2) is 6.56. The van der Waals surface area contributed by atoms with Crippen LogP contribution >= 0.6 is 15.9 Å². The molecule has 0 bridgehead atoms. The number of amides is 1. The molecular formula is C16H22BrNO. The van der Waals surface area contributed by atoms with Crippen LogP contribution in [0.2, 0.25) is 0 Å². The topological polar surface area (TPSA) is 29.1 Å². The molecule has 0 aromatic heterocycles. The Morgan fingerprint density at radius 3 is 2.74 bits per heavy atom. The van der Waals surface area contributed by atoms with Gasteiger partial charge in [0.25, 0.3) is 0 Å². The zero-order chi connectivity index (χ0) is 13.8. The third-order valence-corrected chi connectivity index (χ3v) is 4.16. The molecule has 0 heterocycles. The van der Waals surface area contributed by atoms with Gasteiger partial charge in [-0.15, -0.1) is 0 Å². The van der Waals surface area contributed by atoms with E-state index >= 15 is 0 Å². The third kappa shape index (κ3) is 4.07. The summed E-state index contributed by atoms with van der Waals surface area (Å²) < 4.78 is 0. The normalized spacial score (nSPS) is 21.3. The second-order valence-corrected chi connectivity index (χ2v) is 7.20. The van der Waals surface area contributed by atoms with Crippen LogP contribution in [-0.2, 0) is 17.6 Å². The van der Waals surface area contributed by atoms with E-state index < -0.39 is 0 Å². The summed E-state index contributed by atoms with van der Waals surface area (Å²) in [7, 11) is 0. The molecule has 1 aliphatic carbocycles. The van der Waals surface area contributed by atoms with Gasteiger partial charge in [-0.2, -0.15) is 0 Å². The van der Waals surface area contributed by atoms with E-state index in [1.54, 1.807) is 0 Å². The number of carbonyl (C=O) groups excluding carboxylic acids is 1. The molecule has 2 rings (SSSR count). The van der Waals surface area contributed by atoms with Crippen LogP contribution in [0.4, 0.5) is 0 Å². The van der Waals surface area contributed by atoms with Crippen molar-refractivity contribution in [3.05, 3.63) is 35.4 Å². The van der Waals surface area contributed by atoms with Crippen LogP contribution in [0.5, 0.6) is 0 Å². The van der Waals surface area contributed by atoms with Gasteiger partial charge in [-0.1, -0.05) is 47.1 Å². The molecule has 3 unspecified atom stereocenters. The Hall–Kier alpha value is -0.830. The molecule has 0 spiro atoms. The van der Waals surface area contributed by atoms with Gasteiger partial charge in [0, 0.05) is 16.8 Å². The highest BCUT2D eigenvalue weighted by Crippen LogP contribution is 2.25. The zero-order valence-electron chi connectivity index (χ0n) is 11.7. The fraction of sp³-hybridized carbons (Fsp3) is 0.562. The minimum Gasteiger partial charge on any atom is -0.353 e. The number of nitrogens with one attached hydrogen (secondary N) is 1. The van der Waals surface area contributed by atoms with Crippen LogP contribution in [0.15, 0.2) is 24.3 Å². The van der Waals surface area contributed by atoms with Gasteiger partial charge in [-0.3, -0.25) is 4.79 Å². The number of halogens is 1. The average molecular weight is 324 g/mol. The quantitative estimate of drug-likeness (QED) is 0.844. The Labute approximate surface area is 124 Å². The molecule has 0 fully saturated rings. The minimum absolute atomic E-state index is 0.142. The predicted octanol–water partition coefficient (Wildman–Crippen LogP) is 3.47. The molecule has 1 aromatic carbocycles. The SMILES string of the molecule is CC(Br)CC(C)NC(=O)C1CCc2ccccc2C1. The summed E-state index contributed by atoms with van der Waals surface area (Å²) in [6.07, 6.45) is 3.85. The van der Waals surface area contributed by atoms with Gasteiger partial charge in [-0.05, 0) is 43.7 Å². The molecule has 3 atom stereocenters. The summed E-state index contributed by atoms with van der Waals surface area (Å²) in [5.41, 5.74) is 2.75. The van der Waals surface area contributed by atoms with Crippen LogP contribution in [0.1, 0.15) is 37.8 Å². The summed E-state index contributed by atoms with van der Waals surface area (Å²) in [5, 5.41) is 3.14. The molecule has 0 radical (unpaired) electrons. The third-order valence-electron chi connectivity index (χ3n) is 3.78. The lowest BCUT2D eigenvalue weighted by Crippen LogP contribution is -2.40. The van der Waals surface area contributed by atoms with Crippen molar-refractivity contribution >= 4 is 21.8 Å². The van der Waals surface area contributed by atoms with Crippen molar-refractivity contribution in [3.63, 3.8) is 0 Å². The summed E-state index contributed by atoms with van der Waals surface area (Å²) in [4.78, 5) is 12.7. The zero-order valence-corrected chi connectivity index (χ0v) is 13.2. The fourth-order valence-corrected chi connectivity index (χ4v) is 3.39. The second-order valence-electron chi connectivity index (χ2n) is 5.63. The number of hydrogen-bond acceptors (Lipinski definition) is 1. The summed E-state index contributed by atoms with van der Waals surface area (Å²) in [6, 6.07) is 8.71. The molecule has 0 saturated carbocycles. The predicted molar refractivity (Wildman–Crippen MR) is 82.6 cm³/mol. The Bertz CT molecular complexity index is 444. The molecule has 1 aliphatic rings. The molecule has 0 aliphatic heterocycles. The lowest BCUT2D eigenvalue weighted by molar-refractivity contribution is -0.126. The number of fused-ring (bicyclic) bond motifs is 1. The highest BCUT2D eigenvalue weighted by molar-refractivity contribution is 9.09. The molecule has 1 aromatic rings. The number of hydrogen-bond donors (Lipinski definition) is 1. The van der Waals surface area contributed by atoms with Crippen molar-refractivity contribution in [1.29, 1.82) is 0 Å². The summed E-state index contributed by atoms with van der Waals surface area (Å²) >= 11 is 3.53. The van der Waals surface area contributed by atoms with Crippen LogP contribution in [0, 0.1) is 5.92 Å². The van der Waals surface area contributed by atoms with E-state index in [4.69, 9.17) is 0 Å². The van der Waals surface area contributed by atoms with Crippen molar-refractivity contribution in [3.8, 4) is 0 Å². The highest BCUT2D eigenvalue weighted by Gasteiger charge is 2.25. The van der Waals surface area contributed by atoms with Crippen molar-refractivity contribution in [2.75, 3.05) is 0 Å². The first kappa shape index (κ1) is 14.6. The van der Waals surface area contributed by atoms with Crippen LogP contribution in [-0.4, -0.2) is 16.8 Å². The first-order chi connectivity index (χ1) is 9.06. The standard InChI is InChI=1S/C16H22BrNO/c1-11(17)9-12(2)18-16(19)15-8-7-13-5-3-4-6-14(13)10-15/h3-6,11-12,15H,7-10H2,1-2H3,(H,18,19). The van der Waals surface area contributed by atoms with E-state index in [2.05, 4.69) is 59.4 Å². The maximum Gasteiger partial charge on any atom is 0.223 e. The van der Waals surface area contributed by atoms with Gasteiger partial charge in [0.1, 0.15) is 0 Å². The Balaban J connectivity index is 1.92. The molecule has 1 amide bonds. The minimum atomic E-state index is 0.142. The molecule has 0 saturated heterocycles. The van der Waals surface area contributed by atoms with Crippen molar-refractivity contribution in [1.82, 2.24) is 5.32 Å². The van der Waals surface area contributed by atoms with Crippen molar-refractivity contribution in [2.24, 2.45) is 5.92 Å². The van der Waals surface area contributed by atoms with Gasteiger partial charge in [0.05, 0.1) is 0 Å². The molecule has 3 heteroatoms. The lowest BCUT2D eigenvalue weighted by atomic mass is 9.83. The van der Waals surface area contributed by atoms with Crippen LogP contribution in [0.3, 0.4) is 0 Å². The van der Waals surface area contributed by atoms with E-state index in [1.165, 1.54) is 11.1 Å². The van der Waals surface area contributed by atoms with E-state index in [1.807, 2.05) is 0 Å². The van der Waals surface area contributed by atoms with E-state index in [0.29, 0.717) is 4.83 Å². The molecular weight excluding hydrogens is 302 g/mol. The largest absolute Gasteiger partial charge is 0.353 e. The van der Waals surface area contributed by atoms with Gasteiger partial charge in [-0.25, -0.2) is 0 Å². The fourth-order valence-electron chi connectivity index (χ4n) is 2.83. The first-order valence-electron chi connectivity index (χ1n) is 7.07. The van der Waals surface area contributed by atoms with Gasteiger partial charge in [0.2, 0.25) is 5.91 Å². The Morgan fingerprint density at radius 2 is 2.05 bits per heavy atom. The first-order valence-corrected chi connectivity index (χ1v) is 7.99. The summed E-state index contributed by atoms with van der Waals surface area (Å²) in [6.45, 7) is 4.19. The molecule has 104 valence electrons. The smallest absolute Gasteiger partial charge is 0.223 e. The van der Waals surface area contributed by atoms with Crippen LogP contribution < -0.4 is 5.32 Å². The summed E-state index contributed by atoms with van der Waals surface area (Å²) in [5.74, 6) is 0.359. The lowest BCUT2D eigenvalue weighted by Gasteiger charge is -2.25. The molecule has 19 heavy (non-hydrogen) atoms. The number of aryl methyl sites for hydroxylation is 1. The van der Waals surface area contributed by atoms with E-state index in [9.17, 15) is 4.79 Å². The highest BCUT2D eigenvalue weighted by atomic mass is 79.9. The van der Waals surface area contributed by atoms with Crippen molar-refractivity contribution < 1.29 is 4.79 Å². The monoisotopic (exact) mass is 323 g/mol. The van der Waals surface area contributed by atoms with Gasteiger partial charge in [0.15, 0.2) is 0 Å².